The fraction of sp³-hybridized carbons (Fsp3) is 0.556. The van der Waals surface area contributed by atoms with Crippen molar-refractivity contribution >= 4 is 11.9 Å². The van der Waals surface area contributed by atoms with E-state index in [0.29, 0.717) is 43.1 Å². The van der Waals surface area contributed by atoms with Gasteiger partial charge in [-0.25, -0.2) is 0 Å². The van der Waals surface area contributed by atoms with Gasteiger partial charge >= 0.3 is 5.97 Å². The van der Waals surface area contributed by atoms with Crippen LogP contribution < -0.4 is 14.8 Å². The molecule has 0 saturated heterocycles. The standard InChI is InChI=1S/C18H23NO5/c20-16(21)12-18(7-2-1-3-8-18)19-17(22)13-5-6-14-15(11-13)24-10-4-9-23-14/h5-6,11H,1-4,7-10,12H2,(H,19,22)(H,20,21). The number of hydrogen-bond donors (Lipinski definition) is 2. The predicted molar refractivity (Wildman–Crippen MR) is 87.6 cm³/mol. The first-order valence-electron chi connectivity index (χ1n) is 8.52. The number of amides is 1. The molecule has 2 aliphatic rings. The van der Waals surface area contributed by atoms with Crippen LogP contribution in [0.1, 0.15) is 55.3 Å². The van der Waals surface area contributed by atoms with E-state index < -0.39 is 11.5 Å². The summed E-state index contributed by atoms with van der Waals surface area (Å²) in [4.78, 5) is 23.9. The summed E-state index contributed by atoms with van der Waals surface area (Å²) >= 11 is 0. The molecule has 0 unspecified atom stereocenters. The van der Waals surface area contributed by atoms with Gasteiger partial charge in [-0.15, -0.1) is 0 Å². The van der Waals surface area contributed by atoms with Crippen LogP contribution in [0.15, 0.2) is 18.2 Å². The van der Waals surface area contributed by atoms with E-state index in [-0.39, 0.29) is 12.3 Å². The van der Waals surface area contributed by atoms with Crippen molar-refractivity contribution in [1.29, 1.82) is 0 Å². The van der Waals surface area contributed by atoms with E-state index in [2.05, 4.69) is 5.32 Å². The normalized spacial score (nSPS) is 19.2. The van der Waals surface area contributed by atoms with Gasteiger partial charge in [0.1, 0.15) is 0 Å². The van der Waals surface area contributed by atoms with Gasteiger partial charge in [0.25, 0.3) is 5.91 Å². The average molecular weight is 333 g/mol. The highest BCUT2D eigenvalue weighted by atomic mass is 16.5. The zero-order chi connectivity index (χ0) is 17.0. The Morgan fingerprint density at radius 3 is 2.46 bits per heavy atom. The van der Waals surface area contributed by atoms with Crippen LogP contribution in [0.3, 0.4) is 0 Å². The van der Waals surface area contributed by atoms with Crippen molar-refractivity contribution in [3.63, 3.8) is 0 Å². The topological polar surface area (TPSA) is 84.9 Å². The summed E-state index contributed by atoms with van der Waals surface area (Å²) < 4.78 is 11.2. The summed E-state index contributed by atoms with van der Waals surface area (Å²) in [5, 5.41) is 12.2. The molecule has 3 rings (SSSR count). The fourth-order valence-electron chi connectivity index (χ4n) is 3.48. The van der Waals surface area contributed by atoms with E-state index in [1.165, 1.54) is 0 Å². The number of carboxylic acid groups (broad SMARTS) is 1. The van der Waals surface area contributed by atoms with Crippen LogP contribution in [-0.4, -0.2) is 35.7 Å². The first-order valence-corrected chi connectivity index (χ1v) is 8.52. The number of carbonyl (C=O) groups is 2. The van der Waals surface area contributed by atoms with Crippen LogP contribution in [0.25, 0.3) is 0 Å². The van der Waals surface area contributed by atoms with Gasteiger partial charge in [0.05, 0.1) is 25.2 Å². The minimum atomic E-state index is -0.879. The third-order valence-corrected chi connectivity index (χ3v) is 4.69. The lowest BCUT2D eigenvalue weighted by molar-refractivity contribution is -0.139. The molecule has 6 heteroatoms. The van der Waals surface area contributed by atoms with Crippen molar-refractivity contribution in [3.05, 3.63) is 23.8 Å². The fourth-order valence-corrected chi connectivity index (χ4v) is 3.48. The molecule has 1 aromatic carbocycles. The molecule has 1 heterocycles. The number of rotatable bonds is 4. The predicted octanol–water partition coefficient (Wildman–Crippen LogP) is 2.76. The Bertz CT molecular complexity index is 622. The van der Waals surface area contributed by atoms with E-state index in [9.17, 15) is 14.7 Å². The monoisotopic (exact) mass is 333 g/mol. The minimum Gasteiger partial charge on any atom is -0.490 e. The maximum absolute atomic E-state index is 12.7. The van der Waals surface area contributed by atoms with Crippen molar-refractivity contribution in [2.24, 2.45) is 0 Å². The SMILES string of the molecule is O=C(O)CC1(NC(=O)c2ccc3c(c2)OCCCO3)CCCCC1. The minimum absolute atomic E-state index is 0.0384. The summed E-state index contributed by atoms with van der Waals surface area (Å²) in [6, 6.07) is 5.10. The molecule has 0 atom stereocenters. The number of carboxylic acids is 1. The first-order chi connectivity index (χ1) is 11.6. The molecule has 1 amide bonds. The maximum Gasteiger partial charge on any atom is 0.305 e. The summed E-state index contributed by atoms with van der Waals surface area (Å²) in [5.74, 6) is 0.0719. The molecule has 1 aromatic rings. The lowest BCUT2D eigenvalue weighted by Crippen LogP contribution is -2.51. The Balaban J connectivity index is 1.77. The van der Waals surface area contributed by atoms with Gasteiger partial charge in [-0.05, 0) is 31.0 Å². The molecule has 1 fully saturated rings. The second-order valence-corrected chi connectivity index (χ2v) is 6.58. The van der Waals surface area contributed by atoms with Crippen LogP contribution in [0, 0.1) is 0 Å². The molecular formula is C18H23NO5. The second kappa shape index (κ2) is 7.11. The van der Waals surface area contributed by atoms with Gasteiger partial charge < -0.3 is 19.9 Å². The molecule has 0 spiro atoms. The average Bonchev–Trinajstić information content (AvgIpc) is 2.79. The van der Waals surface area contributed by atoms with Crippen molar-refractivity contribution in [2.75, 3.05) is 13.2 Å². The lowest BCUT2D eigenvalue weighted by Gasteiger charge is -2.37. The van der Waals surface area contributed by atoms with E-state index >= 15 is 0 Å². The largest absolute Gasteiger partial charge is 0.490 e. The number of nitrogens with one attached hydrogen (secondary N) is 1. The van der Waals surface area contributed by atoms with Crippen molar-refractivity contribution in [2.45, 2.75) is 50.5 Å². The van der Waals surface area contributed by atoms with Gasteiger partial charge in [-0.3, -0.25) is 9.59 Å². The van der Waals surface area contributed by atoms with Crippen LogP contribution in [0.5, 0.6) is 11.5 Å². The van der Waals surface area contributed by atoms with E-state index in [4.69, 9.17) is 9.47 Å². The van der Waals surface area contributed by atoms with Gasteiger partial charge in [0, 0.05) is 12.0 Å². The third kappa shape index (κ3) is 3.80. The summed E-state index contributed by atoms with van der Waals surface area (Å²) in [6.07, 6.45) is 5.14. The molecular weight excluding hydrogens is 310 g/mol. The van der Waals surface area contributed by atoms with E-state index in [1.54, 1.807) is 18.2 Å². The Morgan fingerprint density at radius 2 is 1.75 bits per heavy atom. The van der Waals surface area contributed by atoms with Gasteiger partial charge in [0.15, 0.2) is 11.5 Å². The quantitative estimate of drug-likeness (QED) is 0.885. The highest BCUT2D eigenvalue weighted by Gasteiger charge is 2.36. The molecule has 24 heavy (non-hydrogen) atoms. The molecule has 1 saturated carbocycles. The number of aliphatic carboxylic acids is 1. The Labute approximate surface area is 141 Å². The smallest absolute Gasteiger partial charge is 0.305 e. The van der Waals surface area contributed by atoms with Crippen LogP contribution >= 0.6 is 0 Å². The maximum atomic E-state index is 12.7. The zero-order valence-electron chi connectivity index (χ0n) is 13.7. The van der Waals surface area contributed by atoms with Crippen LogP contribution in [0.4, 0.5) is 0 Å². The summed E-state index contributed by atoms with van der Waals surface area (Å²) in [7, 11) is 0. The molecule has 6 nitrogen and oxygen atoms in total. The second-order valence-electron chi connectivity index (χ2n) is 6.58. The number of benzene rings is 1. The molecule has 130 valence electrons. The summed E-state index contributed by atoms with van der Waals surface area (Å²) in [5.41, 5.74) is -0.180. The van der Waals surface area contributed by atoms with Gasteiger partial charge in [-0.2, -0.15) is 0 Å². The Hall–Kier alpha value is -2.24. The molecule has 2 N–H and O–H groups in total. The van der Waals surface area contributed by atoms with Crippen LogP contribution in [-0.2, 0) is 4.79 Å². The number of carbonyl (C=O) groups excluding carboxylic acids is 1. The van der Waals surface area contributed by atoms with Gasteiger partial charge in [0.2, 0.25) is 0 Å². The zero-order valence-corrected chi connectivity index (χ0v) is 13.7. The molecule has 1 aliphatic carbocycles. The number of hydrogen-bond acceptors (Lipinski definition) is 4. The molecule has 1 aliphatic heterocycles. The molecule has 0 radical (unpaired) electrons. The third-order valence-electron chi connectivity index (χ3n) is 4.69. The molecule has 0 aromatic heterocycles. The van der Waals surface area contributed by atoms with E-state index in [1.807, 2.05) is 0 Å². The van der Waals surface area contributed by atoms with Crippen molar-refractivity contribution in [3.8, 4) is 11.5 Å². The Morgan fingerprint density at radius 1 is 1.04 bits per heavy atom. The summed E-state index contributed by atoms with van der Waals surface area (Å²) in [6.45, 7) is 1.15. The van der Waals surface area contributed by atoms with Gasteiger partial charge in [-0.1, -0.05) is 19.3 Å². The highest BCUT2D eigenvalue weighted by Crippen LogP contribution is 2.33. The number of fused-ring (bicyclic) bond motifs is 1. The van der Waals surface area contributed by atoms with E-state index in [0.717, 1.165) is 25.7 Å². The highest BCUT2D eigenvalue weighted by molar-refractivity contribution is 5.95. The van der Waals surface area contributed by atoms with Crippen LogP contribution in [0.2, 0.25) is 0 Å². The molecule has 0 bridgehead atoms. The number of ether oxygens (including phenoxy) is 2. The Kier molecular flexibility index (Phi) is 4.92. The first kappa shape index (κ1) is 16.6. The lowest BCUT2D eigenvalue weighted by atomic mass is 9.79. The van der Waals surface area contributed by atoms with Crippen molar-refractivity contribution in [1.82, 2.24) is 5.32 Å². The van der Waals surface area contributed by atoms with Crippen molar-refractivity contribution < 1.29 is 24.2 Å².